The largest absolute Gasteiger partial charge is 0.474 e. The number of nitrogens with zero attached hydrogens (tertiary/aromatic N) is 1. The maximum Gasteiger partial charge on any atom is 0.181 e. The normalized spacial score (nSPS) is 11.9. The van der Waals surface area contributed by atoms with Crippen LogP contribution in [-0.4, -0.2) is 11.2 Å². The zero-order valence-electron chi connectivity index (χ0n) is 8.00. The Morgan fingerprint density at radius 3 is 2.40 bits per heavy atom. The van der Waals surface area contributed by atoms with E-state index in [0.29, 0.717) is 14.7 Å². The minimum absolute atomic E-state index is 0.0364. The molecular formula is C10H9Br2NO2. The lowest BCUT2D eigenvalue weighted by Crippen LogP contribution is -2.09. The summed E-state index contributed by atoms with van der Waals surface area (Å²) < 4.78 is 6.81. The lowest BCUT2D eigenvalue weighted by Gasteiger charge is -2.12. The van der Waals surface area contributed by atoms with Crippen molar-refractivity contribution < 1.29 is 9.84 Å². The van der Waals surface area contributed by atoms with E-state index in [1.54, 1.807) is 19.1 Å². The van der Waals surface area contributed by atoms with E-state index in [0.717, 1.165) is 5.56 Å². The number of hydrogen-bond acceptors (Lipinski definition) is 3. The monoisotopic (exact) mass is 333 g/mol. The van der Waals surface area contributed by atoms with E-state index < -0.39 is 6.10 Å². The molecule has 1 aromatic carbocycles. The second-order valence-corrected chi connectivity index (χ2v) is 4.64. The molecular weight excluding hydrogens is 326 g/mol. The molecule has 1 atom stereocenters. The average Bonchev–Trinajstić information content (AvgIpc) is 2.22. The number of aliphatic hydroxyl groups excluding tert-OH is 1. The summed E-state index contributed by atoms with van der Waals surface area (Å²) in [7, 11) is 0. The molecule has 0 aliphatic carbocycles. The fourth-order valence-corrected chi connectivity index (χ4v) is 2.49. The Labute approximate surface area is 105 Å². The van der Waals surface area contributed by atoms with Crippen LogP contribution in [0.1, 0.15) is 12.5 Å². The molecule has 3 nitrogen and oxygen atoms in total. The Hall–Kier alpha value is -0.570. The van der Waals surface area contributed by atoms with Gasteiger partial charge in [-0.2, -0.15) is 5.26 Å². The summed E-state index contributed by atoms with van der Waals surface area (Å²) in [5, 5.41) is 17.6. The Morgan fingerprint density at radius 2 is 2.00 bits per heavy atom. The standard InChI is InChI=1S/C10H9Br2NO2/c1-6(4-13)15-10-8(11)2-7(5-14)3-9(10)12/h2-3,6,14H,5H2,1H3. The van der Waals surface area contributed by atoms with Crippen molar-refractivity contribution in [3.8, 4) is 11.8 Å². The average molecular weight is 335 g/mol. The van der Waals surface area contributed by atoms with Gasteiger partial charge in [0.15, 0.2) is 6.10 Å². The van der Waals surface area contributed by atoms with Crippen LogP contribution in [0, 0.1) is 11.3 Å². The van der Waals surface area contributed by atoms with Gasteiger partial charge in [0.2, 0.25) is 0 Å². The van der Waals surface area contributed by atoms with Crippen molar-refractivity contribution in [3.63, 3.8) is 0 Å². The highest BCUT2D eigenvalue weighted by Crippen LogP contribution is 2.35. The molecule has 5 heteroatoms. The van der Waals surface area contributed by atoms with E-state index >= 15 is 0 Å². The topological polar surface area (TPSA) is 53.2 Å². The van der Waals surface area contributed by atoms with Crippen LogP contribution in [0.3, 0.4) is 0 Å². The van der Waals surface area contributed by atoms with Crippen molar-refractivity contribution in [2.45, 2.75) is 19.6 Å². The predicted molar refractivity (Wildman–Crippen MR) is 63.5 cm³/mol. The van der Waals surface area contributed by atoms with Gasteiger partial charge in [-0.15, -0.1) is 0 Å². The third-order valence-electron chi connectivity index (χ3n) is 1.72. The van der Waals surface area contributed by atoms with Gasteiger partial charge >= 0.3 is 0 Å². The lowest BCUT2D eigenvalue weighted by atomic mass is 10.2. The van der Waals surface area contributed by atoms with Gasteiger partial charge in [0.05, 0.1) is 15.6 Å². The molecule has 0 aromatic heterocycles. The molecule has 0 spiro atoms. The van der Waals surface area contributed by atoms with E-state index in [-0.39, 0.29) is 6.61 Å². The van der Waals surface area contributed by atoms with E-state index in [2.05, 4.69) is 31.9 Å². The third-order valence-corrected chi connectivity index (χ3v) is 2.90. The second kappa shape index (κ2) is 5.50. The summed E-state index contributed by atoms with van der Waals surface area (Å²) >= 11 is 6.64. The SMILES string of the molecule is CC(C#N)Oc1c(Br)cc(CO)cc1Br. The maximum atomic E-state index is 8.97. The highest BCUT2D eigenvalue weighted by molar-refractivity contribution is 9.11. The highest BCUT2D eigenvalue weighted by Gasteiger charge is 2.11. The molecule has 1 unspecified atom stereocenters. The molecule has 1 N–H and O–H groups in total. The molecule has 1 rings (SSSR count). The van der Waals surface area contributed by atoms with Gasteiger partial charge in [-0.3, -0.25) is 0 Å². The molecule has 15 heavy (non-hydrogen) atoms. The molecule has 1 aromatic rings. The maximum absolute atomic E-state index is 8.97. The van der Waals surface area contributed by atoms with E-state index in [9.17, 15) is 0 Å². The Balaban J connectivity index is 3.04. The molecule has 80 valence electrons. The van der Waals surface area contributed by atoms with E-state index in [1.807, 2.05) is 6.07 Å². The first-order valence-corrected chi connectivity index (χ1v) is 5.82. The summed E-state index contributed by atoms with van der Waals surface area (Å²) in [5.41, 5.74) is 0.769. The van der Waals surface area contributed by atoms with Crippen molar-refractivity contribution in [2.75, 3.05) is 0 Å². The Morgan fingerprint density at radius 1 is 1.47 bits per heavy atom. The molecule has 0 heterocycles. The molecule has 0 bridgehead atoms. The van der Waals surface area contributed by atoms with Crippen molar-refractivity contribution in [1.82, 2.24) is 0 Å². The second-order valence-electron chi connectivity index (χ2n) is 2.94. The molecule has 0 amide bonds. The summed E-state index contributed by atoms with van der Waals surface area (Å²) in [4.78, 5) is 0. The molecule has 0 saturated heterocycles. The first kappa shape index (κ1) is 12.5. The van der Waals surface area contributed by atoms with Crippen LogP contribution in [-0.2, 0) is 6.61 Å². The van der Waals surface area contributed by atoms with Gasteiger partial charge in [-0.05, 0) is 56.5 Å². The van der Waals surface area contributed by atoms with Gasteiger partial charge < -0.3 is 9.84 Å². The fraction of sp³-hybridized carbons (Fsp3) is 0.300. The van der Waals surface area contributed by atoms with Crippen LogP contribution in [0.15, 0.2) is 21.1 Å². The Kier molecular flexibility index (Phi) is 4.58. The van der Waals surface area contributed by atoms with Crippen LogP contribution < -0.4 is 4.74 Å². The number of rotatable bonds is 3. The van der Waals surface area contributed by atoms with Gasteiger partial charge in [0.25, 0.3) is 0 Å². The number of hydrogen-bond donors (Lipinski definition) is 1. The van der Waals surface area contributed by atoms with Crippen LogP contribution in [0.4, 0.5) is 0 Å². The predicted octanol–water partition coefficient (Wildman–Crippen LogP) is 2.99. The lowest BCUT2D eigenvalue weighted by molar-refractivity contribution is 0.270. The van der Waals surface area contributed by atoms with Crippen molar-refractivity contribution in [1.29, 1.82) is 5.26 Å². The van der Waals surface area contributed by atoms with Gasteiger partial charge in [-0.1, -0.05) is 0 Å². The van der Waals surface area contributed by atoms with Gasteiger partial charge in [-0.25, -0.2) is 0 Å². The highest BCUT2D eigenvalue weighted by atomic mass is 79.9. The molecule has 0 saturated carbocycles. The zero-order valence-corrected chi connectivity index (χ0v) is 11.2. The molecule has 0 aliphatic rings. The summed E-state index contributed by atoms with van der Waals surface area (Å²) in [5.74, 6) is 0.571. The number of benzene rings is 1. The smallest absolute Gasteiger partial charge is 0.181 e. The van der Waals surface area contributed by atoms with Gasteiger partial charge in [0, 0.05) is 0 Å². The van der Waals surface area contributed by atoms with Crippen molar-refractivity contribution in [2.24, 2.45) is 0 Å². The third kappa shape index (κ3) is 3.20. The first-order valence-electron chi connectivity index (χ1n) is 4.23. The van der Waals surface area contributed by atoms with Crippen molar-refractivity contribution >= 4 is 31.9 Å². The number of aliphatic hydroxyl groups is 1. The zero-order chi connectivity index (χ0) is 11.4. The summed E-state index contributed by atoms with van der Waals surface area (Å²) in [6.45, 7) is 1.63. The Bertz CT molecular complexity index is 378. The minimum atomic E-state index is -0.516. The minimum Gasteiger partial charge on any atom is -0.474 e. The van der Waals surface area contributed by atoms with Crippen LogP contribution >= 0.6 is 31.9 Å². The fourth-order valence-electron chi connectivity index (χ4n) is 1.02. The summed E-state index contributed by atoms with van der Waals surface area (Å²) in [6, 6.07) is 5.49. The van der Waals surface area contributed by atoms with E-state index in [1.165, 1.54) is 0 Å². The van der Waals surface area contributed by atoms with E-state index in [4.69, 9.17) is 15.1 Å². The first-order chi connectivity index (χ1) is 7.08. The number of nitriles is 1. The summed E-state index contributed by atoms with van der Waals surface area (Å²) in [6.07, 6.45) is -0.516. The van der Waals surface area contributed by atoms with Crippen LogP contribution in [0.25, 0.3) is 0 Å². The quantitative estimate of drug-likeness (QED) is 0.924. The van der Waals surface area contributed by atoms with Gasteiger partial charge in [0.1, 0.15) is 11.8 Å². The van der Waals surface area contributed by atoms with Crippen LogP contribution in [0.2, 0.25) is 0 Å². The van der Waals surface area contributed by atoms with Crippen molar-refractivity contribution in [3.05, 3.63) is 26.6 Å². The molecule has 0 fully saturated rings. The molecule has 0 radical (unpaired) electrons. The molecule has 0 aliphatic heterocycles. The van der Waals surface area contributed by atoms with Crippen LogP contribution in [0.5, 0.6) is 5.75 Å². The number of halogens is 2. The number of ether oxygens (including phenoxy) is 1.